The zero-order valence-electron chi connectivity index (χ0n) is 10.2. The van der Waals surface area contributed by atoms with Crippen LogP contribution in [0.1, 0.15) is 17.4 Å². The van der Waals surface area contributed by atoms with Crippen molar-refractivity contribution in [2.45, 2.75) is 6.10 Å². The molecular weight excluding hydrogens is 238 g/mol. The van der Waals surface area contributed by atoms with Crippen molar-refractivity contribution in [3.05, 3.63) is 66.0 Å². The van der Waals surface area contributed by atoms with Crippen LogP contribution < -0.4 is 5.73 Å². The fourth-order valence-electron chi connectivity index (χ4n) is 2.15. The number of nitrogens with two attached hydrogens (primary N) is 1. The second-order valence-electron chi connectivity index (χ2n) is 4.31. The average molecular weight is 251 g/mol. The van der Waals surface area contributed by atoms with Crippen molar-refractivity contribution in [3.8, 4) is 0 Å². The first-order valence-corrected chi connectivity index (χ1v) is 6.00. The lowest BCUT2D eigenvalue weighted by molar-refractivity contribution is 0.217. The number of benzene rings is 1. The Bertz CT molecular complexity index is 713. The van der Waals surface area contributed by atoms with E-state index in [4.69, 9.17) is 5.73 Å². The highest BCUT2D eigenvalue weighted by Gasteiger charge is 2.15. The van der Waals surface area contributed by atoms with Crippen LogP contribution in [0.3, 0.4) is 0 Å². The number of aromatic nitrogens is 2. The molecule has 1 unspecified atom stereocenters. The van der Waals surface area contributed by atoms with Gasteiger partial charge in [-0.1, -0.05) is 24.3 Å². The third-order valence-electron chi connectivity index (χ3n) is 3.03. The van der Waals surface area contributed by atoms with Gasteiger partial charge in [-0.15, -0.1) is 0 Å². The molecule has 0 aliphatic carbocycles. The van der Waals surface area contributed by atoms with Gasteiger partial charge in [0, 0.05) is 11.6 Å². The van der Waals surface area contributed by atoms with E-state index in [1.165, 1.54) is 0 Å². The number of aliphatic hydroxyl groups is 1. The predicted molar refractivity (Wildman–Crippen MR) is 74.5 cm³/mol. The summed E-state index contributed by atoms with van der Waals surface area (Å²) in [6, 6.07) is 14.7. The molecule has 2 aromatic heterocycles. The van der Waals surface area contributed by atoms with Gasteiger partial charge in [0.1, 0.15) is 11.9 Å². The average Bonchev–Trinajstić information content (AvgIpc) is 2.46. The minimum atomic E-state index is -0.809. The molecule has 3 rings (SSSR count). The van der Waals surface area contributed by atoms with Crippen molar-refractivity contribution in [3.63, 3.8) is 0 Å². The molecule has 0 fully saturated rings. The van der Waals surface area contributed by atoms with Crippen LogP contribution in [0, 0.1) is 0 Å². The number of pyridine rings is 2. The van der Waals surface area contributed by atoms with Crippen molar-refractivity contribution in [1.29, 1.82) is 0 Å². The zero-order chi connectivity index (χ0) is 13.2. The summed E-state index contributed by atoms with van der Waals surface area (Å²) in [5.41, 5.74) is 7.89. The summed E-state index contributed by atoms with van der Waals surface area (Å²) >= 11 is 0. The van der Waals surface area contributed by atoms with Crippen LogP contribution in [0.25, 0.3) is 10.9 Å². The molecule has 0 spiro atoms. The fraction of sp³-hybridized carbons (Fsp3) is 0.0667. The van der Waals surface area contributed by atoms with Crippen LogP contribution in [0.4, 0.5) is 5.82 Å². The Kier molecular flexibility index (Phi) is 2.85. The normalized spacial score (nSPS) is 12.5. The van der Waals surface area contributed by atoms with E-state index in [2.05, 4.69) is 9.97 Å². The number of nitrogens with zero attached hydrogens (tertiary/aromatic N) is 2. The summed E-state index contributed by atoms with van der Waals surface area (Å²) in [7, 11) is 0. The second-order valence-corrected chi connectivity index (χ2v) is 4.31. The minimum absolute atomic E-state index is 0.392. The van der Waals surface area contributed by atoms with Crippen LogP contribution in [0.2, 0.25) is 0 Å². The SMILES string of the molecule is Nc1cc(C(O)c2ccccn2)c2ccccc2n1. The van der Waals surface area contributed by atoms with Crippen molar-refractivity contribution >= 4 is 16.7 Å². The van der Waals surface area contributed by atoms with Crippen molar-refractivity contribution < 1.29 is 5.11 Å². The van der Waals surface area contributed by atoms with Gasteiger partial charge in [0.25, 0.3) is 0 Å². The van der Waals surface area contributed by atoms with Gasteiger partial charge in [0.05, 0.1) is 11.2 Å². The summed E-state index contributed by atoms with van der Waals surface area (Å²) in [4.78, 5) is 8.44. The molecule has 0 aliphatic heterocycles. The van der Waals surface area contributed by atoms with E-state index in [-0.39, 0.29) is 0 Å². The van der Waals surface area contributed by atoms with E-state index >= 15 is 0 Å². The van der Waals surface area contributed by atoms with Gasteiger partial charge in [-0.25, -0.2) is 4.98 Å². The van der Waals surface area contributed by atoms with Crippen LogP contribution in [0.15, 0.2) is 54.7 Å². The van der Waals surface area contributed by atoms with E-state index in [1.54, 1.807) is 18.3 Å². The molecular formula is C15H13N3O. The number of anilines is 1. The maximum atomic E-state index is 10.5. The lowest BCUT2D eigenvalue weighted by Crippen LogP contribution is -2.04. The fourth-order valence-corrected chi connectivity index (χ4v) is 2.15. The summed E-state index contributed by atoms with van der Waals surface area (Å²) in [6.07, 6.45) is 0.849. The van der Waals surface area contributed by atoms with Crippen molar-refractivity contribution in [2.75, 3.05) is 5.73 Å². The number of nitrogen functional groups attached to an aromatic ring is 1. The van der Waals surface area contributed by atoms with Crippen molar-refractivity contribution in [1.82, 2.24) is 9.97 Å². The Balaban J connectivity index is 2.19. The third-order valence-corrected chi connectivity index (χ3v) is 3.03. The molecule has 4 nitrogen and oxygen atoms in total. The zero-order valence-corrected chi connectivity index (χ0v) is 10.2. The highest BCUT2D eigenvalue weighted by Crippen LogP contribution is 2.28. The Morgan fingerprint density at radius 3 is 2.63 bits per heavy atom. The first kappa shape index (κ1) is 11.6. The molecule has 1 aromatic carbocycles. The minimum Gasteiger partial charge on any atom is -0.384 e. The largest absolute Gasteiger partial charge is 0.384 e. The third kappa shape index (κ3) is 2.13. The number of para-hydroxylation sites is 1. The quantitative estimate of drug-likeness (QED) is 0.733. The lowest BCUT2D eigenvalue weighted by Gasteiger charge is -2.13. The molecule has 2 heterocycles. The highest BCUT2D eigenvalue weighted by atomic mass is 16.3. The Labute approximate surface area is 110 Å². The molecule has 0 radical (unpaired) electrons. The summed E-state index contributed by atoms with van der Waals surface area (Å²) in [6.45, 7) is 0. The monoisotopic (exact) mass is 251 g/mol. The predicted octanol–water partition coefficient (Wildman–Crippen LogP) is 2.29. The Morgan fingerprint density at radius 2 is 1.84 bits per heavy atom. The second kappa shape index (κ2) is 4.66. The van der Waals surface area contributed by atoms with E-state index in [0.29, 0.717) is 11.5 Å². The highest BCUT2D eigenvalue weighted by molar-refractivity contribution is 5.84. The summed E-state index contributed by atoms with van der Waals surface area (Å²) in [5.74, 6) is 0.392. The molecule has 0 bridgehead atoms. The lowest BCUT2D eigenvalue weighted by atomic mass is 10.0. The number of rotatable bonds is 2. The molecule has 4 heteroatoms. The van der Waals surface area contributed by atoms with Gasteiger partial charge >= 0.3 is 0 Å². The van der Waals surface area contributed by atoms with Gasteiger partial charge in [-0.05, 0) is 29.8 Å². The number of hydrogen-bond donors (Lipinski definition) is 2. The van der Waals surface area contributed by atoms with E-state index in [0.717, 1.165) is 16.5 Å². The molecule has 1 atom stereocenters. The Morgan fingerprint density at radius 1 is 1.05 bits per heavy atom. The van der Waals surface area contributed by atoms with E-state index < -0.39 is 6.10 Å². The van der Waals surface area contributed by atoms with Crippen LogP contribution in [-0.2, 0) is 0 Å². The first-order valence-electron chi connectivity index (χ1n) is 6.00. The number of fused-ring (bicyclic) bond motifs is 1. The molecule has 0 aliphatic rings. The topological polar surface area (TPSA) is 72.0 Å². The van der Waals surface area contributed by atoms with Crippen LogP contribution in [0.5, 0.6) is 0 Å². The summed E-state index contributed by atoms with van der Waals surface area (Å²) in [5, 5.41) is 11.4. The molecule has 3 aromatic rings. The van der Waals surface area contributed by atoms with Crippen LogP contribution in [-0.4, -0.2) is 15.1 Å². The summed E-state index contributed by atoms with van der Waals surface area (Å²) < 4.78 is 0. The van der Waals surface area contributed by atoms with E-state index in [9.17, 15) is 5.11 Å². The van der Waals surface area contributed by atoms with Gasteiger partial charge in [-0.2, -0.15) is 0 Å². The van der Waals surface area contributed by atoms with Crippen LogP contribution >= 0.6 is 0 Å². The van der Waals surface area contributed by atoms with E-state index in [1.807, 2.05) is 36.4 Å². The molecule has 0 amide bonds. The molecule has 94 valence electrons. The maximum Gasteiger partial charge on any atom is 0.124 e. The molecule has 3 N–H and O–H groups in total. The maximum absolute atomic E-state index is 10.5. The van der Waals surface area contributed by atoms with Gasteiger partial charge in [0.2, 0.25) is 0 Å². The van der Waals surface area contributed by atoms with Crippen molar-refractivity contribution in [2.24, 2.45) is 0 Å². The number of hydrogen-bond acceptors (Lipinski definition) is 4. The van der Waals surface area contributed by atoms with Gasteiger partial charge in [-0.3, -0.25) is 4.98 Å². The molecule has 19 heavy (non-hydrogen) atoms. The smallest absolute Gasteiger partial charge is 0.124 e. The molecule has 0 saturated heterocycles. The standard InChI is InChI=1S/C15H13N3O/c16-14-9-11(10-5-1-2-6-12(10)18-14)15(19)13-7-3-4-8-17-13/h1-9,15,19H,(H2,16,18). The number of aliphatic hydroxyl groups excluding tert-OH is 1. The van der Waals surface area contributed by atoms with Gasteiger partial charge < -0.3 is 10.8 Å². The van der Waals surface area contributed by atoms with Gasteiger partial charge in [0.15, 0.2) is 0 Å². The molecule has 0 saturated carbocycles. The first-order chi connectivity index (χ1) is 9.25. The Hall–Kier alpha value is -2.46.